The number of nitrogens with two attached hydrogens (primary N) is 1. The summed E-state index contributed by atoms with van der Waals surface area (Å²) in [6.45, 7) is 4.42. The fraction of sp³-hybridized carbons (Fsp3) is 0.429. The molecule has 1 aromatic rings. The van der Waals surface area contributed by atoms with Gasteiger partial charge in [-0.3, -0.25) is 4.99 Å². The summed E-state index contributed by atoms with van der Waals surface area (Å²) in [4.78, 5) is 9.41. The van der Waals surface area contributed by atoms with E-state index in [1.165, 1.54) is 4.88 Å². The minimum absolute atomic E-state index is 0.609. The molecule has 0 aliphatic rings. The number of hydrogen-bond donors (Lipinski definition) is 1. The summed E-state index contributed by atoms with van der Waals surface area (Å²) in [6.07, 6.45) is 1.85. The largest absolute Gasteiger partial charge is 0.388 e. The van der Waals surface area contributed by atoms with Crippen molar-refractivity contribution in [2.45, 2.75) is 20.4 Å². The van der Waals surface area contributed by atoms with Crippen LogP contribution in [-0.4, -0.2) is 10.8 Å². The van der Waals surface area contributed by atoms with Gasteiger partial charge in [-0.2, -0.15) is 0 Å². The van der Waals surface area contributed by atoms with Gasteiger partial charge in [-0.1, -0.05) is 0 Å². The molecule has 1 rings (SSSR count). The maximum atomic E-state index is 5.37. The number of amidine groups is 1. The zero-order valence-electron chi connectivity index (χ0n) is 6.66. The minimum atomic E-state index is 0.609. The highest BCUT2D eigenvalue weighted by atomic mass is 32.1. The zero-order chi connectivity index (χ0) is 8.27. The molecule has 0 aliphatic carbocycles. The molecule has 0 radical (unpaired) electrons. The number of thiazole rings is 1. The molecule has 2 N–H and O–H groups in total. The molecule has 0 spiro atoms. The van der Waals surface area contributed by atoms with Gasteiger partial charge in [0.15, 0.2) is 0 Å². The second-order valence-electron chi connectivity index (χ2n) is 2.32. The molecule has 0 saturated carbocycles. The highest BCUT2D eigenvalue weighted by Gasteiger charge is 1.95. The molecule has 3 nitrogen and oxygen atoms in total. The smallest absolute Gasteiger partial charge is 0.114 e. The lowest BCUT2D eigenvalue weighted by Gasteiger charge is -1.88. The highest BCUT2D eigenvalue weighted by molar-refractivity contribution is 7.11. The van der Waals surface area contributed by atoms with Gasteiger partial charge in [0.05, 0.1) is 12.4 Å². The van der Waals surface area contributed by atoms with E-state index in [1.807, 2.05) is 13.1 Å². The lowest BCUT2D eigenvalue weighted by atomic mass is 10.6. The van der Waals surface area contributed by atoms with E-state index in [0.29, 0.717) is 12.4 Å². The normalized spacial score (nSPS) is 12.0. The zero-order valence-corrected chi connectivity index (χ0v) is 7.48. The van der Waals surface area contributed by atoms with Crippen LogP contribution in [0.1, 0.15) is 16.8 Å². The number of rotatable bonds is 2. The van der Waals surface area contributed by atoms with E-state index < -0.39 is 0 Å². The fourth-order valence-electron chi connectivity index (χ4n) is 0.667. The van der Waals surface area contributed by atoms with E-state index in [4.69, 9.17) is 5.73 Å². The van der Waals surface area contributed by atoms with Crippen molar-refractivity contribution in [3.63, 3.8) is 0 Å². The van der Waals surface area contributed by atoms with Gasteiger partial charge in [-0.15, -0.1) is 11.3 Å². The van der Waals surface area contributed by atoms with Gasteiger partial charge in [0.1, 0.15) is 5.01 Å². The molecule has 0 saturated heterocycles. The van der Waals surface area contributed by atoms with Crippen LogP contribution in [0.4, 0.5) is 0 Å². The van der Waals surface area contributed by atoms with Crippen molar-refractivity contribution < 1.29 is 0 Å². The molecule has 0 unspecified atom stereocenters. The summed E-state index contributed by atoms with van der Waals surface area (Å²) < 4.78 is 0. The van der Waals surface area contributed by atoms with Crippen LogP contribution in [0.3, 0.4) is 0 Å². The third kappa shape index (κ3) is 2.67. The molecule has 11 heavy (non-hydrogen) atoms. The fourth-order valence-corrected chi connectivity index (χ4v) is 1.38. The summed E-state index contributed by atoms with van der Waals surface area (Å²) in [5.41, 5.74) is 5.37. The Morgan fingerprint density at radius 1 is 1.82 bits per heavy atom. The van der Waals surface area contributed by atoms with Crippen molar-refractivity contribution in [1.29, 1.82) is 0 Å². The van der Waals surface area contributed by atoms with Gasteiger partial charge in [0, 0.05) is 11.1 Å². The van der Waals surface area contributed by atoms with Crippen LogP contribution in [0.5, 0.6) is 0 Å². The number of hydrogen-bond acceptors (Lipinski definition) is 3. The maximum absolute atomic E-state index is 5.37. The molecule has 0 fully saturated rings. The Hall–Kier alpha value is -0.900. The Kier molecular flexibility index (Phi) is 2.59. The van der Waals surface area contributed by atoms with Crippen molar-refractivity contribution in [3.05, 3.63) is 16.1 Å². The SMILES string of the molecule is CC(N)=NCc1ncc(C)s1. The first-order valence-corrected chi connectivity index (χ1v) is 4.18. The number of aliphatic imine (C=N–C) groups is 1. The Morgan fingerprint density at radius 2 is 2.55 bits per heavy atom. The van der Waals surface area contributed by atoms with Crippen molar-refractivity contribution in [3.8, 4) is 0 Å². The van der Waals surface area contributed by atoms with E-state index in [2.05, 4.69) is 9.98 Å². The van der Waals surface area contributed by atoms with Crippen LogP contribution in [-0.2, 0) is 6.54 Å². The van der Waals surface area contributed by atoms with Crippen LogP contribution in [0.15, 0.2) is 11.2 Å². The number of nitrogens with zero attached hydrogens (tertiary/aromatic N) is 2. The minimum Gasteiger partial charge on any atom is -0.388 e. The van der Waals surface area contributed by atoms with Crippen LogP contribution in [0.25, 0.3) is 0 Å². The summed E-state index contributed by atoms with van der Waals surface area (Å²) in [7, 11) is 0. The topological polar surface area (TPSA) is 51.3 Å². The molecule has 0 aromatic carbocycles. The van der Waals surface area contributed by atoms with E-state index >= 15 is 0 Å². The van der Waals surface area contributed by atoms with Crippen molar-refractivity contribution in [1.82, 2.24) is 4.98 Å². The molecule has 4 heteroatoms. The van der Waals surface area contributed by atoms with Crippen LogP contribution >= 0.6 is 11.3 Å². The first-order valence-electron chi connectivity index (χ1n) is 3.36. The van der Waals surface area contributed by atoms with E-state index in [1.54, 1.807) is 18.3 Å². The molecule has 60 valence electrons. The number of aryl methyl sites for hydroxylation is 1. The lowest BCUT2D eigenvalue weighted by molar-refractivity contribution is 1.03. The van der Waals surface area contributed by atoms with Crippen LogP contribution in [0.2, 0.25) is 0 Å². The van der Waals surface area contributed by atoms with Crippen LogP contribution in [0, 0.1) is 6.92 Å². The molecule has 1 heterocycles. The summed E-state index contributed by atoms with van der Waals surface area (Å²) in [6, 6.07) is 0. The summed E-state index contributed by atoms with van der Waals surface area (Å²) in [5, 5.41) is 1.02. The molecule has 0 atom stereocenters. The molecular weight excluding hydrogens is 158 g/mol. The van der Waals surface area contributed by atoms with Gasteiger partial charge in [-0.25, -0.2) is 4.98 Å². The molecular formula is C7H11N3S. The lowest BCUT2D eigenvalue weighted by Crippen LogP contribution is -2.05. The van der Waals surface area contributed by atoms with Gasteiger partial charge >= 0.3 is 0 Å². The average Bonchev–Trinajstić information content (AvgIpc) is 2.31. The highest BCUT2D eigenvalue weighted by Crippen LogP contribution is 2.11. The Bertz CT molecular complexity index is 260. The maximum Gasteiger partial charge on any atom is 0.114 e. The number of aromatic nitrogens is 1. The van der Waals surface area contributed by atoms with Crippen molar-refractivity contribution >= 4 is 17.2 Å². The molecule has 0 aliphatic heterocycles. The first kappa shape index (κ1) is 8.20. The quantitative estimate of drug-likeness (QED) is 0.536. The second kappa shape index (κ2) is 3.48. The van der Waals surface area contributed by atoms with Gasteiger partial charge in [0.25, 0.3) is 0 Å². The van der Waals surface area contributed by atoms with Gasteiger partial charge in [0.2, 0.25) is 0 Å². The Balaban J connectivity index is 2.58. The third-order valence-corrected chi connectivity index (χ3v) is 2.03. The first-order chi connectivity index (χ1) is 5.18. The summed E-state index contributed by atoms with van der Waals surface area (Å²) >= 11 is 1.66. The predicted octanol–water partition coefficient (Wildman–Crippen LogP) is 1.33. The third-order valence-electron chi connectivity index (χ3n) is 1.13. The Morgan fingerprint density at radius 3 is 3.00 bits per heavy atom. The second-order valence-corrected chi connectivity index (χ2v) is 3.64. The van der Waals surface area contributed by atoms with E-state index in [9.17, 15) is 0 Å². The molecule has 0 bridgehead atoms. The monoisotopic (exact) mass is 169 g/mol. The predicted molar refractivity (Wildman–Crippen MR) is 47.9 cm³/mol. The van der Waals surface area contributed by atoms with Crippen molar-refractivity contribution in [2.24, 2.45) is 10.7 Å². The van der Waals surface area contributed by atoms with Gasteiger partial charge < -0.3 is 5.73 Å². The molecule has 1 aromatic heterocycles. The standard InChI is InChI=1S/C7H11N3S/c1-5-3-10-7(11-5)4-9-6(2)8/h3H,4H2,1-2H3,(H2,8,9). The van der Waals surface area contributed by atoms with E-state index in [0.717, 1.165) is 5.01 Å². The Labute approximate surface area is 70.0 Å². The van der Waals surface area contributed by atoms with Crippen molar-refractivity contribution in [2.75, 3.05) is 0 Å². The summed E-state index contributed by atoms with van der Waals surface area (Å²) in [5.74, 6) is 0.609. The molecule has 0 amide bonds. The van der Waals surface area contributed by atoms with Crippen LogP contribution < -0.4 is 5.73 Å². The average molecular weight is 169 g/mol. The van der Waals surface area contributed by atoms with Gasteiger partial charge in [-0.05, 0) is 13.8 Å². The van der Waals surface area contributed by atoms with E-state index in [-0.39, 0.29) is 0 Å².